The second kappa shape index (κ2) is 15.5. The van der Waals surface area contributed by atoms with Crippen LogP contribution in [0.2, 0.25) is 0 Å². The summed E-state index contributed by atoms with van der Waals surface area (Å²) in [7, 11) is 5.71. The Morgan fingerprint density at radius 3 is 2.73 bits per heavy atom. The lowest BCUT2D eigenvalue weighted by atomic mass is 9.99. The summed E-state index contributed by atoms with van der Waals surface area (Å²) in [5.74, 6) is 1.71. The van der Waals surface area contributed by atoms with Gasteiger partial charge in [-0.15, -0.1) is 0 Å². The highest BCUT2D eigenvalue weighted by atomic mass is 16.5. The van der Waals surface area contributed by atoms with Gasteiger partial charge in [-0.25, -0.2) is 9.98 Å². The van der Waals surface area contributed by atoms with Gasteiger partial charge in [0, 0.05) is 50.5 Å². The van der Waals surface area contributed by atoms with Gasteiger partial charge in [-0.05, 0) is 69.4 Å². The van der Waals surface area contributed by atoms with E-state index in [1.54, 1.807) is 19.0 Å². The Morgan fingerprint density at radius 2 is 2.08 bits per heavy atom. The standard InChI is InChI=1S/C34H48N4O2/c1-8-14-27(17-13-18-33(39)37(5)6)32-23-30(31(9-2)38(32)7)34(35-4)36-28-19-20-29(22-25(3)21-28)40-24-26-15-11-10-12-16-26/h8,10-12,14-15,17,19-20,23,25-26,29,31H,4,9,13,16,18,21-22,24H2,1-3,5-7H3/b14-8?,27-17?,34-30+,36-28?. The molecule has 1 heterocycles. The minimum Gasteiger partial charge on any atom is -0.374 e. The maximum Gasteiger partial charge on any atom is 0.222 e. The van der Waals surface area contributed by atoms with Crippen molar-refractivity contribution >= 4 is 18.3 Å². The molecule has 216 valence electrons. The van der Waals surface area contributed by atoms with Crippen LogP contribution in [-0.4, -0.2) is 68.0 Å². The fraction of sp³-hybridized carbons (Fsp3) is 0.500. The zero-order valence-corrected chi connectivity index (χ0v) is 25.3. The van der Waals surface area contributed by atoms with E-state index in [0.29, 0.717) is 30.5 Å². The molecule has 0 aromatic rings. The molecule has 4 unspecified atom stereocenters. The number of carbonyl (C=O) groups excluding carboxylic acids is 1. The predicted molar refractivity (Wildman–Crippen MR) is 168 cm³/mol. The minimum atomic E-state index is 0.0928. The molecule has 0 fully saturated rings. The van der Waals surface area contributed by atoms with E-state index in [2.05, 4.69) is 92.2 Å². The first-order chi connectivity index (χ1) is 19.3. The molecule has 2 aliphatic carbocycles. The SMILES string of the molecule is C=N/C(N=C1C=CC(OCC2C=CC=CC2)CC(C)C1)=C1/C=C(C(C=CC)=CCCC(=O)N(C)C)N(C)C1CC. The van der Waals surface area contributed by atoms with Crippen LogP contribution in [0, 0.1) is 11.8 Å². The van der Waals surface area contributed by atoms with Crippen LogP contribution in [0.25, 0.3) is 0 Å². The molecule has 1 amide bonds. The van der Waals surface area contributed by atoms with Crippen LogP contribution < -0.4 is 0 Å². The molecule has 0 spiro atoms. The lowest BCUT2D eigenvalue weighted by Crippen LogP contribution is -2.27. The zero-order valence-electron chi connectivity index (χ0n) is 25.3. The number of amides is 1. The number of hydrogen-bond acceptors (Lipinski definition) is 5. The molecule has 0 saturated heterocycles. The highest BCUT2D eigenvalue weighted by Crippen LogP contribution is 2.35. The maximum atomic E-state index is 12.1. The first-order valence-corrected chi connectivity index (χ1v) is 14.7. The van der Waals surface area contributed by atoms with Gasteiger partial charge >= 0.3 is 0 Å². The van der Waals surface area contributed by atoms with Gasteiger partial charge in [0.05, 0.1) is 18.8 Å². The average Bonchev–Trinajstić information content (AvgIpc) is 3.16. The Bertz CT molecular complexity index is 1150. The van der Waals surface area contributed by atoms with Crippen LogP contribution in [0.5, 0.6) is 0 Å². The Labute approximate surface area is 242 Å². The summed E-state index contributed by atoms with van der Waals surface area (Å²) in [6.07, 6.45) is 26.5. The Balaban J connectivity index is 1.85. The van der Waals surface area contributed by atoms with Gasteiger partial charge in [0.15, 0.2) is 5.82 Å². The smallest absolute Gasteiger partial charge is 0.222 e. The van der Waals surface area contributed by atoms with E-state index in [-0.39, 0.29) is 18.1 Å². The van der Waals surface area contributed by atoms with Crippen LogP contribution in [-0.2, 0) is 9.53 Å². The number of allylic oxidation sites excluding steroid dienone is 7. The van der Waals surface area contributed by atoms with Crippen LogP contribution in [0.4, 0.5) is 0 Å². The van der Waals surface area contributed by atoms with Crippen molar-refractivity contribution in [1.82, 2.24) is 9.80 Å². The normalized spacial score (nSPS) is 27.4. The molecule has 0 radical (unpaired) electrons. The molecule has 6 nitrogen and oxygen atoms in total. The fourth-order valence-electron chi connectivity index (χ4n) is 5.47. The number of likely N-dealkylation sites (N-methyl/N-ethyl adjacent to an activating group) is 1. The number of nitrogens with zero attached hydrogens (tertiary/aromatic N) is 4. The lowest BCUT2D eigenvalue weighted by molar-refractivity contribution is -0.128. The largest absolute Gasteiger partial charge is 0.374 e. The third-order valence-corrected chi connectivity index (χ3v) is 7.70. The van der Waals surface area contributed by atoms with Crippen LogP contribution in [0.1, 0.15) is 59.3 Å². The van der Waals surface area contributed by atoms with Gasteiger partial charge in [0.1, 0.15) is 0 Å². The van der Waals surface area contributed by atoms with E-state index >= 15 is 0 Å². The van der Waals surface area contributed by atoms with Gasteiger partial charge in [0.25, 0.3) is 0 Å². The second-order valence-corrected chi connectivity index (χ2v) is 11.2. The Morgan fingerprint density at radius 1 is 1.27 bits per heavy atom. The third-order valence-electron chi connectivity index (χ3n) is 7.70. The van der Waals surface area contributed by atoms with Crippen molar-refractivity contribution in [3.63, 3.8) is 0 Å². The highest BCUT2D eigenvalue weighted by molar-refractivity contribution is 5.96. The van der Waals surface area contributed by atoms with Crippen LogP contribution >= 0.6 is 0 Å². The predicted octanol–water partition coefficient (Wildman–Crippen LogP) is 6.82. The molecule has 3 aliphatic rings. The van der Waals surface area contributed by atoms with E-state index in [1.165, 1.54) is 0 Å². The third kappa shape index (κ3) is 8.62. The number of rotatable bonds is 11. The quantitative estimate of drug-likeness (QED) is 0.212. The van der Waals surface area contributed by atoms with Gasteiger partial charge in [0.2, 0.25) is 5.91 Å². The van der Waals surface area contributed by atoms with E-state index in [9.17, 15) is 4.79 Å². The molecule has 0 saturated carbocycles. The topological polar surface area (TPSA) is 57.5 Å². The molecular formula is C34H48N4O2. The first kappa shape index (κ1) is 31.3. The fourth-order valence-corrected chi connectivity index (χ4v) is 5.47. The van der Waals surface area contributed by atoms with Crippen molar-refractivity contribution in [1.29, 1.82) is 0 Å². The van der Waals surface area contributed by atoms with Crippen LogP contribution in [0.15, 0.2) is 93.4 Å². The number of carbonyl (C=O) groups is 1. The van der Waals surface area contributed by atoms with Crippen molar-refractivity contribution in [2.45, 2.75) is 71.4 Å². The maximum absolute atomic E-state index is 12.1. The highest BCUT2D eigenvalue weighted by Gasteiger charge is 2.30. The molecular weight excluding hydrogens is 496 g/mol. The second-order valence-electron chi connectivity index (χ2n) is 11.2. The minimum absolute atomic E-state index is 0.0928. The van der Waals surface area contributed by atoms with E-state index in [1.807, 2.05) is 13.0 Å². The molecule has 3 rings (SSSR count). The molecule has 0 aromatic heterocycles. The Hall–Kier alpha value is -3.25. The number of ether oxygens (including phenoxy) is 1. The van der Waals surface area contributed by atoms with E-state index < -0.39 is 0 Å². The van der Waals surface area contributed by atoms with E-state index in [0.717, 1.165) is 54.8 Å². The van der Waals surface area contributed by atoms with Crippen molar-refractivity contribution in [3.8, 4) is 0 Å². The van der Waals surface area contributed by atoms with Gasteiger partial charge in [-0.3, -0.25) is 4.79 Å². The zero-order chi connectivity index (χ0) is 29.1. The summed E-state index contributed by atoms with van der Waals surface area (Å²) in [5, 5.41) is 0. The summed E-state index contributed by atoms with van der Waals surface area (Å²) in [4.78, 5) is 25.5. The molecule has 0 bridgehead atoms. The van der Waals surface area contributed by atoms with Gasteiger partial charge in [-0.2, -0.15) is 0 Å². The van der Waals surface area contributed by atoms with Crippen molar-refractivity contribution in [2.24, 2.45) is 21.8 Å². The first-order valence-electron chi connectivity index (χ1n) is 14.7. The molecule has 1 aliphatic heterocycles. The molecule has 0 aromatic carbocycles. The van der Waals surface area contributed by atoms with Gasteiger partial charge < -0.3 is 14.5 Å². The molecule has 40 heavy (non-hydrogen) atoms. The van der Waals surface area contributed by atoms with Crippen molar-refractivity contribution in [2.75, 3.05) is 27.7 Å². The summed E-state index contributed by atoms with van der Waals surface area (Å²) >= 11 is 0. The lowest BCUT2D eigenvalue weighted by Gasteiger charge is -2.26. The average molecular weight is 545 g/mol. The summed E-state index contributed by atoms with van der Waals surface area (Å²) in [5.41, 5.74) is 4.31. The molecule has 0 N–H and O–H groups in total. The van der Waals surface area contributed by atoms with Gasteiger partial charge in [-0.1, -0.05) is 62.5 Å². The molecule has 4 atom stereocenters. The van der Waals surface area contributed by atoms with Crippen molar-refractivity contribution < 1.29 is 9.53 Å². The Kier molecular flexibility index (Phi) is 12.1. The summed E-state index contributed by atoms with van der Waals surface area (Å²) in [6, 6.07) is 0.151. The number of hydrogen-bond donors (Lipinski definition) is 0. The monoisotopic (exact) mass is 544 g/mol. The van der Waals surface area contributed by atoms with Crippen molar-refractivity contribution in [3.05, 3.63) is 83.4 Å². The summed E-state index contributed by atoms with van der Waals surface area (Å²) < 4.78 is 6.30. The number of aliphatic imine (C=N–C) groups is 2. The molecule has 6 heteroatoms. The van der Waals surface area contributed by atoms with Crippen LogP contribution in [0.3, 0.4) is 0 Å². The summed E-state index contributed by atoms with van der Waals surface area (Å²) in [6.45, 7) is 11.1. The van der Waals surface area contributed by atoms with E-state index in [4.69, 9.17) is 9.73 Å².